The molecule has 1 rings (SSSR count). The minimum absolute atomic E-state index is 0.181. The third-order valence-corrected chi connectivity index (χ3v) is 3.45. The minimum atomic E-state index is 0.181. The Hall–Kier alpha value is 0.01000. The molecule has 1 aromatic rings. The van der Waals surface area contributed by atoms with Gasteiger partial charge in [0.1, 0.15) is 0 Å². The van der Waals surface area contributed by atoms with E-state index in [4.69, 9.17) is 4.74 Å². The Labute approximate surface area is 89.5 Å². The van der Waals surface area contributed by atoms with Gasteiger partial charge in [-0.15, -0.1) is 11.3 Å². The van der Waals surface area contributed by atoms with E-state index in [1.165, 1.54) is 4.88 Å². The van der Waals surface area contributed by atoms with E-state index in [0.717, 1.165) is 19.0 Å². The Balaban J connectivity index is 2.21. The van der Waals surface area contributed by atoms with Crippen molar-refractivity contribution in [2.75, 3.05) is 12.4 Å². The van der Waals surface area contributed by atoms with Crippen LogP contribution in [0.15, 0.2) is 17.5 Å². The Morgan fingerprint density at radius 1 is 1.54 bits per heavy atom. The lowest BCUT2D eigenvalue weighted by Gasteiger charge is -2.21. The van der Waals surface area contributed by atoms with E-state index >= 15 is 0 Å². The fourth-order valence-corrected chi connectivity index (χ4v) is 1.60. The van der Waals surface area contributed by atoms with Gasteiger partial charge in [-0.25, -0.2) is 0 Å². The first-order chi connectivity index (χ1) is 6.14. The quantitative estimate of drug-likeness (QED) is 0.744. The molecule has 0 aromatic carbocycles. The first kappa shape index (κ1) is 11.1. The highest BCUT2D eigenvalue weighted by atomic mass is 32.1. The van der Waals surface area contributed by atoms with Crippen LogP contribution in [0.25, 0.3) is 0 Å². The molecule has 0 unspecified atom stereocenters. The van der Waals surface area contributed by atoms with Crippen molar-refractivity contribution in [3.05, 3.63) is 22.4 Å². The highest BCUT2D eigenvalue weighted by molar-refractivity contribution is 7.80. The lowest BCUT2D eigenvalue weighted by molar-refractivity contribution is 0.0636. The minimum Gasteiger partial charge on any atom is -0.375 e. The molecule has 0 aliphatic heterocycles. The van der Waals surface area contributed by atoms with Gasteiger partial charge in [0.2, 0.25) is 0 Å². The molecule has 1 aromatic heterocycles. The number of thiol groups is 1. The van der Waals surface area contributed by atoms with Crippen molar-refractivity contribution in [2.24, 2.45) is 5.41 Å². The van der Waals surface area contributed by atoms with E-state index in [2.05, 4.69) is 37.9 Å². The second-order valence-corrected chi connectivity index (χ2v) is 5.24. The molecule has 1 heterocycles. The van der Waals surface area contributed by atoms with Crippen LogP contribution in [0.3, 0.4) is 0 Å². The van der Waals surface area contributed by atoms with Gasteiger partial charge < -0.3 is 4.74 Å². The Bertz CT molecular complexity index is 229. The van der Waals surface area contributed by atoms with Gasteiger partial charge in [0.05, 0.1) is 13.2 Å². The van der Waals surface area contributed by atoms with Crippen LogP contribution in [-0.2, 0) is 11.3 Å². The summed E-state index contributed by atoms with van der Waals surface area (Å²) in [4.78, 5) is 1.29. The van der Waals surface area contributed by atoms with Crippen LogP contribution in [0.4, 0.5) is 0 Å². The zero-order valence-electron chi connectivity index (χ0n) is 8.12. The second kappa shape index (κ2) is 5.03. The van der Waals surface area contributed by atoms with Crippen molar-refractivity contribution >= 4 is 24.0 Å². The Kier molecular flexibility index (Phi) is 4.29. The average molecular weight is 216 g/mol. The Morgan fingerprint density at radius 2 is 2.31 bits per heavy atom. The summed E-state index contributed by atoms with van der Waals surface area (Å²) in [6.07, 6.45) is 0. The molecule has 0 N–H and O–H groups in total. The summed E-state index contributed by atoms with van der Waals surface area (Å²) in [5.74, 6) is 0.859. The molecule has 13 heavy (non-hydrogen) atoms. The zero-order chi connectivity index (χ0) is 9.73. The van der Waals surface area contributed by atoms with E-state index in [1.807, 2.05) is 6.07 Å². The Morgan fingerprint density at radius 3 is 2.85 bits per heavy atom. The third-order valence-electron chi connectivity index (χ3n) is 1.75. The molecule has 0 fully saturated rings. The zero-order valence-corrected chi connectivity index (χ0v) is 9.83. The first-order valence-corrected chi connectivity index (χ1v) is 5.86. The van der Waals surface area contributed by atoms with Gasteiger partial charge in [-0.05, 0) is 22.6 Å². The molecule has 0 spiro atoms. The maximum atomic E-state index is 5.60. The standard InChI is InChI=1S/C10H16OS2/c1-10(2,8-12)7-11-6-9-4-3-5-13-9/h3-5,12H,6-8H2,1-2H3. The van der Waals surface area contributed by atoms with Crippen LogP contribution in [0.2, 0.25) is 0 Å². The van der Waals surface area contributed by atoms with E-state index in [9.17, 15) is 0 Å². The molecular formula is C10H16OS2. The molecule has 0 saturated heterocycles. The fraction of sp³-hybridized carbons (Fsp3) is 0.600. The summed E-state index contributed by atoms with van der Waals surface area (Å²) < 4.78 is 5.60. The van der Waals surface area contributed by atoms with Gasteiger partial charge >= 0.3 is 0 Å². The SMILES string of the molecule is CC(C)(CS)COCc1cccs1. The van der Waals surface area contributed by atoms with Gasteiger partial charge in [-0.3, -0.25) is 0 Å². The summed E-state index contributed by atoms with van der Waals surface area (Å²) in [6.45, 7) is 5.83. The van der Waals surface area contributed by atoms with Crippen LogP contribution in [0.1, 0.15) is 18.7 Å². The molecule has 0 amide bonds. The summed E-state index contributed by atoms with van der Waals surface area (Å²) >= 11 is 6.01. The summed E-state index contributed by atoms with van der Waals surface area (Å²) in [5, 5.41) is 2.07. The molecular weight excluding hydrogens is 200 g/mol. The smallest absolute Gasteiger partial charge is 0.0809 e. The molecule has 0 saturated carbocycles. The van der Waals surface area contributed by atoms with E-state index in [0.29, 0.717) is 0 Å². The molecule has 1 nitrogen and oxygen atoms in total. The van der Waals surface area contributed by atoms with Crippen LogP contribution < -0.4 is 0 Å². The van der Waals surface area contributed by atoms with Crippen molar-refractivity contribution < 1.29 is 4.74 Å². The lowest BCUT2D eigenvalue weighted by Crippen LogP contribution is -2.20. The van der Waals surface area contributed by atoms with Gasteiger partial charge in [0.15, 0.2) is 0 Å². The maximum absolute atomic E-state index is 5.60. The van der Waals surface area contributed by atoms with E-state index < -0.39 is 0 Å². The van der Waals surface area contributed by atoms with Crippen LogP contribution in [0, 0.1) is 5.41 Å². The van der Waals surface area contributed by atoms with Crippen LogP contribution >= 0.6 is 24.0 Å². The predicted molar refractivity (Wildman–Crippen MR) is 61.6 cm³/mol. The van der Waals surface area contributed by atoms with Crippen LogP contribution in [0.5, 0.6) is 0 Å². The van der Waals surface area contributed by atoms with E-state index in [1.54, 1.807) is 11.3 Å². The number of ether oxygens (including phenoxy) is 1. The molecule has 0 bridgehead atoms. The van der Waals surface area contributed by atoms with Crippen molar-refractivity contribution in [1.29, 1.82) is 0 Å². The number of hydrogen-bond donors (Lipinski definition) is 1. The lowest BCUT2D eigenvalue weighted by atomic mass is 9.98. The highest BCUT2D eigenvalue weighted by Crippen LogP contribution is 2.18. The number of thiophene rings is 1. The summed E-state index contributed by atoms with van der Waals surface area (Å²) in [5.41, 5.74) is 0.181. The van der Waals surface area contributed by atoms with E-state index in [-0.39, 0.29) is 5.41 Å². The second-order valence-electron chi connectivity index (χ2n) is 3.89. The van der Waals surface area contributed by atoms with Crippen molar-refractivity contribution in [1.82, 2.24) is 0 Å². The van der Waals surface area contributed by atoms with Crippen molar-refractivity contribution in [2.45, 2.75) is 20.5 Å². The molecule has 0 aliphatic carbocycles. The summed E-state index contributed by atoms with van der Waals surface area (Å²) in [6, 6.07) is 4.14. The number of hydrogen-bond acceptors (Lipinski definition) is 3. The number of rotatable bonds is 5. The van der Waals surface area contributed by atoms with Gasteiger partial charge in [-0.1, -0.05) is 19.9 Å². The largest absolute Gasteiger partial charge is 0.375 e. The third kappa shape index (κ3) is 4.16. The van der Waals surface area contributed by atoms with Crippen LogP contribution in [-0.4, -0.2) is 12.4 Å². The molecule has 0 radical (unpaired) electrons. The summed E-state index contributed by atoms with van der Waals surface area (Å²) in [7, 11) is 0. The topological polar surface area (TPSA) is 9.23 Å². The average Bonchev–Trinajstić information content (AvgIpc) is 2.57. The maximum Gasteiger partial charge on any atom is 0.0809 e. The predicted octanol–water partition coefficient (Wildman–Crippen LogP) is 3.22. The van der Waals surface area contributed by atoms with Gasteiger partial charge in [-0.2, -0.15) is 12.6 Å². The fourth-order valence-electron chi connectivity index (χ4n) is 0.868. The van der Waals surface area contributed by atoms with Gasteiger partial charge in [0, 0.05) is 4.88 Å². The monoisotopic (exact) mass is 216 g/mol. The van der Waals surface area contributed by atoms with Crippen molar-refractivity contribution in [3.63, 3.8) is 0 Å². The molecule has 3 heteroatoms. The van der Waals surface area contributed by atoms with Crippen molar-refractivity contribution in [3.8, 4) is 0 Å². The van der Waals surface area contributed by atoms with Gasteiger partial charge in [0.25, 0.3) is 0 Å². The molecule has 0 atom stereocenters. The molecule has 0 aliphatic rings. The normalized spacial score (nSPS) is 11.9. The first-order valence-electron chi connectivity index (χ1n) is 4.35. The molecule has 74 valence electrons. The highest BCUT2D eigenvalue weighted by Gasteiger charge is 2.15.